The maximum atomic E-state index is 12.1. The van der Waals surface area contributed by atoms with Gasteiger partial charge in [0, 0.05) is 18.8 Å². The zero-order chi connectivity index (χ0) is 16.3. The summed E-state index contributed by atoms with van der Waals surface area (Å²) < 4.78 is 30.9. The van der Waals surface area contributed by atoms with Crippen molar-refractivity contribution in [2.75, 3.05) is 28.5 Å². The predicted molar refractivity (Wildman–Crippen MR) is 89.0 cm³/mol. The van der Waals surface area contributed by atoms with Gasteiger partial charge in [-0.3, -0.25) is 9.10 Å². The minimum atomic E-state index is -3.21. The molecule has 1 N–H and O–H groups in total. The van der Waals surface area contributed by atoms with Gasteiger partial charge in [-0.05, 0) is 43.9 Å². The number of hydrogen-bond donors (Lipinski definition) is 1. The lowest BCUT2D eigenvalue weighted by molar-refractivity contribution is -0.119. The van der Waals surface area contributed by atoms with E-state index < -0.39 is 10.0 Å². The largest absolute Gasteiger partial charge is 0.378 e. The zero-order valence-electron chi connectivity index (χ0n) is 13.0. The molecular weight excluding hydrogens is 316 g/mol. The van der Waals surface area contributed by atoms with Crippen molar-refractivity contribution in [3.05, 3.63) is 24.3 Å². The van der Waals surface area contributed by atoms with E-state index in [0.29, 0.717) is 30.8 Å². The average molecular weight is 338 g/mol. The van der Waals surface area contributed by atoms with Crippen LogP contribution in [0, 0.1) is 0 Å². The maximum absolute atomic E-state index is 12.1. The summed E-state index contributed by atoms with van der Waals surface area (Å²) in [4.78, 5) is 12.1. The second-order valence-corrected chi connectivity index (χ2v) is 8.05. The Morgan fingerprint density at radius 1 is 1.30 bits per heavy atom. The molecule has 0 radical (unpaired) electrons. The molecule has 2 saturated heterocycles. The molecule has 7 heteroatoms. The van der Waals surface area contributed by atoms with E-state index in [9.17, 15) is 13.2 Å². The van der Waals surface area contributed by atoms with Crippen LogP contribution in [0.4, 0.5) is 11.4 Å². The zero-order valence-corrected chi connectivity index (χ0v) is 13.8. The molecule has 23 heavy (non-hydrogen) atoms. The van der Waals surface area contributed by atoms with Gasteiger partial charge in [0.2, 0.25) is 15.9 Å². The van der Waals surface area contributed by atoms with Crippen LogP contribution in [-0.4, -0.2) is 39.3 Å². The third-order valence-corrected chi connectivity index (χ3v) is 6.07. The first-order valence-corrected chi connectivity index (χ1v) is 9.67. The van der Waals surface area contributed by atoms with Crippen molar-refractivity contribution in [1.82, 2.24) is 0 Å². The smallest absolute Gasteiger partial charge is 0.235 e. The fourth-order valence-corrected chi connectivity index (χ4v) is 4.61. The highest BCUT2D eigenvalue weighted by molar-refractivity contribution is 7.93. The number of anilines is 2. The van der Waals surface area contributed by atoms with Crippen molar-refractivity contribution in [3.63, 3.8) is 0 Å². The van der Waals surface area contributed by atoms with Crippen LogP contribution in [0.15, 0.2) is 24.3 Å². The number of sulfonamides is 1. The van der Waals surface area contributed by atoms with Crippen LogP contribution < -0.4 is 9.62 Å². The highest BCUT2D eigenvalue weighted by atomic mass is 32.2. The van der Waals surface area contributed by atoms with E-state index in [-0.39, 0.29) is 17.8 Å². The summed E-state index contributed by atoms with van der Waals surface area (Å²) >= 11 is 0. The van der Waals surface area contributed by atoms with Crippen LogP contribution in [0.3, 0.4) is 0 Å². The van der Waals surface area contributed by atoms with Crippen LogP contribution in [0.5, 0.6) is 0 Å². The number of amides is 1. The van der Waals surface area contributed by atoms with E-state index in [0.717, 1.165) is 25.9 Å². The van der Waals surface area contributed by atoms with Gasteiger partial charge in [-0.15, -0.1) is 0 Å². The Labute approximate surface area is 136 Å². The summed E-state index contributed by atoms with van der Waals surface area (Å²) in [5.41, 5.74) is 1.22. The molecule has 0 spiro atoms. The molecular formula is C16H22N2O4S. The van der Waals surface area contributed by atoms with E-state index in [2.05, 4.69) is 5.32 Å². The average Bonchev–Trinajstić information content (AvgIpc) is 2.88. The van der Waals surface area contributed by atoms with E-state index in [1.165, 1.54) is 4.31 Å². The predicted octanol–water partition coefficient (Wildman–Crippen LogP) is 2.12. The first-order chi connectivity index (χ1) is 11.0. The lowest BCUT2D eigenvalue weighted by Crippen LogP contribution is -2.26. The van der Waals surface area contributed by atoms with Crippen LogP contribution in [-0.2, 0) is 19.6 Å². The van der Waals surface area contributed by atoms with Crippen molar-refractivity contribution < 1.29 is 17.9 Å². The van der Waals surface area contributed by atoms with Gasteiger partial charge in [-0.2, -0.15) is 0 Å². The maximum Gasteiger partial charge on any atom is 0.235 e. The van der Waals surface area contributed by atoms with Gasteiger partial charge in [-0.1, -0.05) is 6.07 Å². The number of carbonyl (C=O) groups excluding carboxylic acids is 1. The van der Waals surface area contributed by atoms with E-state index in [1.54, 1.807) is 24.3 Å². The standard InChI is InChI=1S/C16H22N2O4S/c19-16(12-15-7-1-2-9-22-15)17-13-5-3-6-14(11-13)18-8-4-10-23(18,20)21/h3,5-6,11,15H,1-2,4,7-10,12H2,(H,17,19). The van der Waals surface area contributed by atoms with Crippen LogP contribution in [0.2, 0.25) is 0 Å². The van der Waals surface area contributed by atoms with Crippen LogP contribution >= 0.6 is 0 Å². The van der Waals surface area contributed by atoms with Crippen molar-refractivity contribution in [1.29, 1.82) is 0 Å². The third-order valence-electron chi connectivity index (χ3n) is 4.20. The Bertz CT molecular complexity index is 668. The van der Waals surface area contributed by atoms with E-state index in [4.69, 9.17) is 4.74 Å². The quantitative estimate of drug-likeness (QED) is 0.912. The minimum Gasteiger partial charge on any atom is -0.378 e. The molecule has 0 bridgehead atoms. The summed E-state index contributed by atoms with van der Waals surface area (Å²) in [6.07, 6.45) is 4.04. The fraction of sp³-hybridized carbons (Fsp3) is 0.562. The molecule has 1 amide bonds. The van der Waals surface area contributed by atoms with Gasteiger partial charge < -0.3 is 10.1 Å². The fourth-order valence-electron chi connectivity index (χ4n) is 3.06. The Morgan fingerprint density at radius 3 is 2.87 bits per heavy atom. The van der Waals surface area contributed by atoms with Gasteiger partial charge >= 0.3 is 0 Å². The Balaban J connectivity index is 1.64. The molecule has 0 saturated carbocycles. The lowest BCUT2D eigenvalue weighted by Gasteiger charge is -2.22. The van der Waals surface area contributed by atoms with Crippen LogP contribution in [0.1, 0.15) is 32.1 Å². The molecule has 1 aromatic carbocycles. The van der Waals surface area contributed by atoms with E-state index in [1.807, 2.05) is 0 Å². The van der Waals surface area contributed by atoms with Gasteiger partial charge in [0.15, 0.2) is 0 Å². The minimum absolute atomic E-state index is 0.00843. The molecule has 0 aromatic heterocycles. The highest BCUT2D eigenvalue weighted by Gasteiger charge is 2.28. The molecule has 2 heterocycles. The number of ether oxygens (including phenoxy) is 1. The molecule has 1 unspecified atom stereocenters. The lowest BCUT2D eigenvalue weighted by atomic mass is 10.1. The number of nitrogens with one attached hydrogen (secondary N) is 1. The highest BCUT2D eigenvalue weighted by Crippen LogP contribution is 2.26. The van der Waals surface area contributed by atoms with Gasteiger partial charge in [-0.25, -0.2) is 8.42 Å². The molecule has 2 aliphatic heterocycles. The Hall–Kier alpha value is -1.60. The molecule has 6 nitrogen and oxygen atoms in total. The number of hydrogen-bond acceptors (Lipinski definition) is 4. The van der Waals surface area contributed by atoms with Crippen molar-refractivity contribution in [3.8, 4) is 0 Å². The van der Waals surface area contributed by atoms with Crippen molar-refractivity contribution >= 4 is 27.3 Å². The van der Waals surface area contributed by atoms with Crippen LogP contribution in [0.25, 0.3) is 0 Å². The number of rotatable bonds is 4. The van der Waals surface area contributed by atoms with Gasteiger partial charge in [0.1, 0.15) is 0 Å². The summed E-state index contributed by atoms with van der Waals surface area (Å²) in [6, 6.07) is 6.99. The summed E-state index contributed by atoms with van der Waals surface area (Å²) in [7, 11) is -3.21. The first-order valence-electron chi connectivity index (χ1n) is 8.06. The first kappa shape index (κ1) is 16.3. The van der Waals surface area contributed by atoms with Crippen molar-refractivity contribution in [2.45, 2.75) is 38.2 Å². The molecule has 1 aromatic rings. The number of nitrogens with zero attached hydrogens (tertiary/aromatic N) is 1. The second-order valence-electron chi connectivity index (χ2n) is 6.03. The molecule has 2 aliphatic rings. The Morgan fingerprint density at radius 2 is 2.17 bits per heavy atom. The second kappa shape index (κ2) is 6.88. The molecule has 2 fully saturated rings. The normalized spacial score (nSPS) is 23.7. The topological polar surface area (TPSA) is 75.7 Å². The summed E-state index contributed by atoms with van der Waals surface area (Å²) in [6.45, 7) is 1.22. The molecule has 126 valence electrons. The Kier molecular flexibility index (Phi) is 4.87. The van der Waals surface area contributed by atoms with E-state index >= 15 is 0 Å². The third kappa shape index (κ3) is 4.03. The number of carbonyl (C=O) groups is 1. The molecule has 0 aliphatic carbocycles. The van der Waals surface area contributed by atoms with Crippen molar-refractivity contribution in [2.24, 2.45) is 0 Å². The summed E-state index contributed by atoms with van der Waals surface area (Å²) in [5, 5.41) is 2.84. The molecule has 1 atom stereocenters. The summed E-state index contributed by atoms with van der Waals surface area (Å²) in [5.74, 6) is 0.0844. The monoisotopic (exact) mass is 338 g/mol. The number of benzene rings is 1. The molecule has 3 rings (SSSR count). The van der Waals surface area contributed by atoms with Gasteiger partial charge in [0.05, 0.1) is 24.0 Å². The SMILES string of the molecule is O=C(CC1CCCCO1)Nc1cccc(N2CCCS2(=O)=O)c1. The van der Waals surface area contributed by atoms with Gasteiger partial charge in [0.25, 0.3) is 0 Å².